The second-order valence-corrected chi connectivity index (χ2v) is 7.29. The van der Waals surface area contributed by atoms with Crippen LogP contribution < -0.4 is 11.5 Å². The Balaban J connectivity index is 1.62. The van der Waals surface area contributed by atoms with Crippen molar-refractivity contribution in [3.8, 4) is 0 Å². The zero-order valence-corrected chi connectivity index (χ0v) is 15.4. The Hall–Kier alpha value is -3.14. The highest BCUT2D eigenvalue weighted by atomic mass is 32.1. The summed E-state index contributed by atoms with van der Waals surface area (Å²) >= 11 is 1.11. The van der Waals surface area contributed by atoms with E-state index >= 15 is 0 Å². The predicted molar refractivity (Wildman–Crippen MR) is 104 cm³/mol. The highest BCUT2D eigenvalue weighted by molar-refractivity contribution is 7.13. The second kappa shape index (κ2) is 6.79. The summed E-state index contributed by atoms with van der Waals surface area (Å²) in [6.45, 7) is -0.551. The first-order valence-corrected chi connectivity index (χ1v) is 9.23. The standard InChI is InChI=1S/C18H16F2N6OS/c19-18(20)5-7-26(9-18)17(27)14-11-4-3-10(8-13(11)28-25-14)24-16(22)15-12(21)2-1-6-23-15/h1-4,6,8H,5,7,9,21H2,(H2,22,24). The highest BCUT2D eigenvalue weighted by Crippen LogP contribution is 2.31. The maximum atomic E-state index is 13.4. The lowest BCUT2D eigenvalue weighted by Gasteiger charge is -2.14. The number of carbonyl (C=O) groups is 1. The van der Waals surface area contributed by atoms with Gasteiger partial charge in [-0.05, 0) is 41.9 Å². The maximum Gasteiger partial charge on any atom is 0.274 e. The quantitative estimate of drug-likeness (QED) is 0.517. The van der Waals surface area contributed by atoms with Crippen molar-refractivity contribution < 1.29 is 13.6 Å². The number of fused-ring (bicyclic) bond motifs is 1. The van der Waals surface area contributed by atoms with Crippen LogP contribution in [0.3, 0.4) is 0 Å². The van der Waals surface area contributed by atoms with E-state index < -0.39 is 18.4 Å². The van der Waals surface area contributed by atoms with Gasteiger partial charge in [0, 0.05) is 24.5 Å². The monoisotopic (exact) mass is 402 g/mol. The molecule has 3 heterocycles. The summed E-state index contributed by atoms with van der Waals surface area (Å²) in [7, 11) is 0. The molecule has 144 valence electrons. The fourth-order valence-electron chi connectivity index (χ4n) is 3.03. The first-order chi connectivity index (χ1) is 13.3. The highest BCUT2D eigenvalue weighted by Gasteiger charge is 2.41. The lowest BCUT2D eigenvalue weighted by molar-refractivity contribution is 0.0120. The third-order valence-corrected chi connectivity index (χ3v) is 5.25. The first kappa shape index (κ1) is 18.2. The van der Waals surface area contributed by atoms with E-state index in [1.807, 2.05) is 0 Å². The molecular formula is C18H16F2N6OS. The summed E-state index contributed by atoms with van der Waals surface area (Å²) in [5.74, 6) is -3.16. The minimum absolute atomic E-state index is 0.0231. The molecule has 1 aliphatic heterocycles. The summed E-state index contributed by atoms with van der Waals surface area (Å²) in [5, 5.41) is 0.597. The van der Waals surface area contributed by atoms with Crippen LogP contribution in [0.4, 0.5) is 20.2 Å². The number of nitrogen functional groups attached to an aromatic ring is 1. The number of hydrogen-bond donors (Lipinski definition) is 2. The summed E-state index contributed by atoms with van der Waals surface area (Å²) in [6.07, 6.45) is 1.25. The van der Waals surface area contributed by atoms with Gasteiger partial charge in [-0.2, -0.15) is 4.37 Å². The number of rotatable bonds is 3. The van der Waals surface area contributed by atoms with Crippen LogP contribution in [0.2, 0.25) is 0 Å². The summed E-state index contributed by atoms with van der Waals surface area (Å²) in [5.41, 5.74) is 13.4. The van der Waals surface area contributed by atoms with Crippen molar-refractivity contribution in [3.63, 3.8) is 0 Å². The number of pyridine rings is 1. The van der Waals surface area contributed by atoms with E-state index in [9.17, 15) is 13.6 Å². The van der Waals surface area contributed by atoms with E-state index in [1.54, 1.807) is 36.5 Å². The van der Waals surface area contributed by atoms with Gasteiger partial charge in [-0.15, -0.1) is 0 Å². The van der Waals surface area contributed by atoms with E-state index in [2.05, 4.69) is 14.3 Å². The number of halogens is 2. The van der Waals surface area contributed by atoms with Crippen LogP contribution >= 0.6 is 11.5 Å². The van der Waals surface area contributed by atoms with E-state index in [1.165, 1.54) is 0 Å². The molecule has 0 atom stereocenters. The average molecular weight is 402 g/mol. The van der Waals surface area contributed by atoms with Crippen LogP contribution in [0.5, 0.6) is 0 Å². The van der Waals surface area contributed by atoms with Gasteiger partial charge in [0.15, 0.2) is 5.84 Å². The summed E-state index contributed by atoms with van der Waals surface area (Å²) < 4.78 is 31.7. The van der Waals surface area contributed by atoms with Crippen LogP contribution in [0.1, 0.15) is 22.6 Å². The molecule has 3 aromatic rings. The van der Waals surface area contributed by atoms with E-state index in [0.29, 0.717) is 27.2 Å². The molecule has 1 aliphatic rings. The number of hydrogen-bond acceptors (Lipinski definition) is 6. The van der Waals surface area contributed by atoms with Gasteiger partial charge in [0.2, 0.25) is 0 Å². The molecule has 0 bridgehead atoms. The molecule has 0 saturated carbocycles. The fourth-order valence-corrected chi connectivity index (χ4v) is 3.84. The van der Waals surface area contributed by atoms with Gasteiger partial charge in [0.1, 0.15) is 11.4 Å². The summed E-state index contributed by atoms with van der Waals surface area (Å²) in [4.78, 5) is 22.1. The maximum absolute atomic E-state index is 13.4. The average Bonchev–Trinajstić information content (AvgIpc) is 3.24. The lowest BCUT2D eigenvalue weighted by atomic mass is 10.2. The number of nitrogens with zero attached hydrogens (tertiary/aromatic N) is 4. The molecule has 28 heavy (non-hydrogen) atoms. The van der Waals surface area contributed by atoms with Crippen molar-refractivity contribution in [2.75, 3.05) is 18.8 Å². The van der Waals surface area contributed by atoms with Gasteiger partial charge >= 0.3 is 0 Å². The smallest absolute Gasteiger partial charge is 0.274 e. The summed E-state index contributed by atoms with van der Waals surface area (Å²) in [6, 6.07) is 8.47. The molecule has 1 aromatic carbocycles. The molecule has 4 N–H and O–H groups in total. The largest absolute Gasteiger partial charge is 0.397 e. The molecule has 2 aromatic heterocycles. The number of anilines is 1. The van der Waals surface area contributed by atoms with E-state index in [4.69, 9.17) is 11.5 Å². The minimum atomic E-state index is -2.84. The van der Waals surface area contributed by atoms with E-state index in [0.717, 1.165) is 16.4 Å². The molecule has 0 aliphatic carbocycles. The van der Waals surface area contributed by atoms with Gasteiger partial charge in [-0.3, -0.25) is 9.78 Å². The number of nitrogens with two attached hydrogens (primary N) is 2. The molecule has 0 unspecified atom stereocenters. The van der Waals surface area contributed by atoms with Crippen LogP contribution in [-0.4, -0.2) is 45.0 Å². The van der Waals surface area contributed by atoms with Gasteiger partial charge in [0.05, 0.1) is 22.6 Å². The Kier molecular flexibility index (Phi) is 4.42. The van der Waals surface area contributed by atoms with Crippen molar-refractivity contribution in [3.05, 3.63) is 47.9 Å². The topological polar surface area (TPSA) is 110 Å². The number of aliphatic imine (C=N–C) groups is 1. The number of amides is 1. The van der Waals surface area contributed by atoms with Gasteiger partial charge in [-0.1, -0.05) is 0 Å². The Labute approximate surface area is 162 Å². The van der Waals surface area contributed by atoms with Crippen LogP contribution in [0, 0.1) is 0 Å². The molecule has 7 nitrogen and oxygen atoms in total. The first-order valence-electron chi connectivity index (χ1n) is 8.46. The minimum Gasteiger partial charge on any atom is -0.397 e. The number of carbonyl (C=O) groups excluding carboxylic acids is 1. The number of aromatic nitrogens is 2. The van der Waals surface area contributed by atoms with Crippen molar-refractivity contribution in [1.29, 1.82) is 0 Å². The molecule has 10 heteroatoms. The molecule has 1 amide bonds. The second-order valence-electron chi connectivity index (χ2n) is 6.48. The van der Waals surface area contributed by atoms with Gasteiger partial charge in [-0.25, -0.2) is 13.8 Å². The zero-order chi connectivity index (χ0) is 19.9. The number of benzene rings is 1. The Morgan fingerprint density at radius 3 is 2.82 bits per heavy atom. The molecule has 1 fully saturated rings. The third-order valence-electron chi connectivity index (χ3n) is 4.45. The molecule has 4 rings (SSSR count). The van der Waals surface area contributed by atoms with Crippen LogP contribution in [0.15, 0.2) is 41.5 Å². The van der Waals surface area contributed by atoms with Gasteiger partial charge in [0.25, 0.3) is 11.8 Å². The molecule has 0 radical (unpaired) electrons. The zero-order valence-electron chi connectivity index (χ0n) is 14.6. The van der Waals surface area contributed by atoms with Crippen molar-refractivity contribution in [2.24, 2.45) is 10.7 Å². The predicted octanol–water partition coefficient (Wildman–Crippen LogP) is 2.79. The Morgan fingerprint density at radius 2 is 2.11 bits per heavy atom. The van der Waals surface area contributed by atoms with Crippen LogP contribution in [-0.2, 0) is 0 Å². The fraction of sp³-hybridized carbons (Fsp3) is 0.222. The van der Waals surface area contributed by atoms with Gasteiger partial charge < -0.3 is 16.4 Å². The van der Waals surface area contributed by atoms with Crippen molar-refractivity contribution in [2.45, 2.75) is 12.3 Å². The van der Waals surface area contributed by atoms with E-state index in [-0.39, 0.29) is 24.5 Å². The Bertz CT molecular complexity index is 1100. The Morgan fingerprint density at radius 1 is 1.29 bits per heavy atom. The normalized spacial score (nSPS) is 16.6. The third kappa shape index (κ3) is 3.38. The lowest BCUT2D eigenvalue weighted by Crippen LogP contribution is -2.31. The number of likely N-dealkylation sites (tertiary alicyclic amines) is 1. The molecule has 0 spiro atoms. The SMILES string of the molecule is NC(=Nc1ccc2c(C(=O)N3CCC(F)(F)C3)nsc2c1)c1ncccc1N. The molecule has 1 saturated heterocycles. The molecular weight excluding hydrogens is 386 g/mol. The van der Waals surface area contributed by atoms with Crippen molar-refractivity contribution >= 4 is 44.7 Å². The number of amidine groups is 1. The van der Waals surface area contributed by atoms with Crippen LogP contribution in [0.25, 0.3) is 10.1 Å². The number of alkyl halides is 2. The van der Waals surface area contributed by atoms with Crippen molar-refractivity contribution in [1.82, 2.24) is 14.3 Å².